The zero-order valence-corrected chi connectivity index (χ0v) is 14.6. The van der Waals surface area contributed by atoms with Crippen molar-refractivity contribution in [3.05, 3.63) is 34.2 Å². The third kappa shape index (κ3) is 3.60. The standard InChI is InChI=1S/C16H20IN5/c17-12-5-7-13(8-6-12)21-15-14(18)16(20-11-19-15)22-9-3-1-2-4-10-22/h5-8,11H,1-4,9-10,18H2,(H,19,20,21). The fraction of sp³-hybridized carbons (Fsp3) is 0.375. The van der Waals surface area contributed by atoms with E-state index in [0.717, 1.165) is 24.6 Å². The number of nitrogens with one attached hydrogen (secondary N) is 1. The fourth-order valence-electron chi connectivity index (χ4n) is 2.69. The second-order valence-corrected chi connectivity index (χ2v) is 6.74. The van der Waals surface area contributed by atoms with Crippen molar-refractivity contribution in [3.8, 4) is 0 Å². The predicted octanol–water partition coefficient (Wildman–Crippen LogP) is 3.79. The van der Waals surface area contributed by atoms with Crippen LogP contribution in [0, 0.1) is 3.57 Å². The Morgan fingerprint density at radius 2 is 1.68 bits per heavy atom. The largest absolute Gasteiger partial charge is 0.393 e. The third-order valence-corrected chi connectivity index (χ3v) is 4.59. The maximum atomic E-state index is 6.31. The van der Waals surface area contributed by atoms with Crippen LogP contribution in [0.15, 0.2) is 30.6 Å². The lowest BCUT2D eigenvalue weighted by Crippen LogP contribution is -2.26. The number of hydrogen-bond donors (Lipinski definition) is 2. The van der Waals surface area contributed by atoms with Crippen LogP contribution < -0.4 is 16.0 Å². The molecule has 1 aromatic carbocycles. The second-order valence-electron chi connectivity index (χ2n) is 5.49. The molecule has 1 fully saturated rings. The van der Waals surface area contributed by atoms with Gasteiger partial charge in [0, 0.05) is 22.3 Å². The van der Waals surface area contributed by atoms with E-state index in [9.17, 15) is 0 Å². The lowest BCUT2D eigenvalue weighted by Gasteiger charge is -2.23. The first kappa shape index (κ1) is 15.3. The number of anilines is 4. The molecule has 0 amide bonds. The Morgan fingerprint density at radius 3 is 2.36 bits per heavy atom. The Balaban J connectivity index is 1.83. The topological polar surface area (TPSA) is 67.1 Å². The van der Waals surface area contributed by atoms with Gasteiger partial charge in [-0.15, -0.1) is 0 Å². The van der Waals surface area contributed by atoms with Gasteiger partial charge in [-0.05, 0) is 59.7 Å². The molecule has 3 N–H and O–H groups in total. The molecule has 1 aromatic heterocycles. The molecule has 5 nitrogen and oxygen atoms in total. The van der Waals surface area contributed by atoms with Gasteiger partial charge in [-0.3, -0.25) is 0 Å². The highest BCUT2D eigenvalue weighted by molar-refractivity contribution is 14.1. The first-order valence-electron chi connectivity index (χ1n) is 7.62. The summed E-state index contributed by atoms with van der Waals surface area (Å²) in [6.07, 6.45) is 6.56. The minimum Gasteiger partial charge on any atom is -0.393 e. The third-order valence-electron chi connectivity index (χ3n) is 3.88. The summed E-state index contributed by atoms with van der Waals surface area (Å²) < 4.78 is 1.20. The normalized spacial score (nSPS) is 15.4. The molecular weight excluding hydrogens is 389 g/mol. The van der Waals surface area contributed by atoms with Crippen molar-refractivity contribution in [2.75, 3.05) is 29.0 Å². The van der Waals surface area contributed by atoms with Gasteiger partial charge >= 0.3 is 0 Å². The lowest BCUT2D eigenvalue weighted by molar-refractivity contribution is 0.726. The molecule has 22 heavy (non-hydrogen) atoms. The van der Waals surface area contributed by atoms with Gasteiger partial charge in [-0.1, -0.05) is 12.8 Å². The molecule has 0 spiro atoms. The fourth-order valence-corrected chi connectivity index (χ4v) is 3.05. The maximum absolute atomic E-state index is 6.31. The molecular formula is C16H20IN5. The van der Waals surface area contributed by atoms with Gasteiger partial charge < -0.3 is 16.0 Å². The molecule has 3 rings (SSSR count). The second kappa shape index (κ2) is 7.13. The number of aromatic nitrogens is 2. The van der Waals surface area contributed by atoms with E-state index in [0.29, 0.717) is 11.5 Å². The van der Waals surface area contributed by atoms with Crippen molar-refractivity contribution in [3.63, 3.8) is 0 Å². The number of nitrogen functional groups attached to an aromatic ring is 1. The van der Waals surface area contributed by atoms with Gasteiger partial charge in [0.15, 0.2) is 11.6 Å². The van der Waals surface area contributed by atoms with Crippen LogP contribution in [0.2, 0.25) is 0 Å². The van der Waals surface area contributed by atoms with Gasteiger partial charge in [-0.25, -0.2) is 9.97 Å². The van der Waals surface area contributed by atoms with Crippen molar-refractivity contribution < 1.29 is 0 Å². The van der Waals surface area contributed by atoms with Gasteiger partial charge in [0.25, 0.3) is 0 Å². The summed E-state index contributed by atoms with van der Waals surface area (Å²) in [5, 5.41) is 3.29. The van der Waals surface area contributed by atoms with E-state index in [2.05, 4.69) is 54.9 Å². The number of nitrogens with two attached hydrogens (primary N) is 1. The summed E-state index contributed by atoms with van der Waals surface area (Å²) in [4.78, 5) is 11.0. The molecule has 0 aliphatic carbocycles. The average molecular weight is 409 g/mol. The molecule has 0 unspecified atom stereocenters. The molecule has 2 heterocycles. The zero-order chi connectivity index (χ0) is 15.4. The Kier molecular flexibility index (Phi) is 4.97. The van der Waals surface area contributed by atoms with Gasteiger partial charge in [0.1, 0.15) is 12.0 Å². The summed E-state index contributed by atoms with van der Waals surface area (Å²) >= 11 is 2.29. The molecule has 0 bridgehead atoms. The first-order chi connectivity index (χ1) is 10.7. The van der Waals surface area contributed by atoms with Crippen molar-refractivity contribution in [2.24, 2.45) is 0 Å². The molecule has 1 saturated heterocycles. The summed E-state index contributed by atoms with van der Waals surface area (Å²) in [6, 6.07) is 8.15. The Labute approximate surface area is 144 Å². The van der Waals surface area contributed by atoms with Crippen molar-refractivity contribution in [1.29, 1.82) is 0 Å². The van der Waals surface area contributed by atoms with Gasteiger partial charge in [-0.2, -0.15) is 0 Å². The van der Waals surface area contributed by atoms with Crippen molar-refractivity contribution in [1.82, 2.24) is 9.97 Å². The van der Waals surface area contributed by atoms with E-state index in [4.69, 9.17) is 5.73 Å². The van der Waals surface area contributed by atoms with Crippen LogP contribution in [-0.2, 0) is 0 Å². The summed E-state index contributed by atoms with van der Waals surface area (Å²) in [5.74, 6) is 1.53. The molecule has 0 saturated carbocycles. The number of rotatable bonds is 3. The molecule has 1 aliphatic heterocycles. The predicted molar refractivity (Wildman–Crippen MR) is 99.6 cm³/mol. The number of benzene rings is 1. The zero-order valence-electron chi connectivity index (χ0n) is 12.4. The minimum absolute atomic E-state index is 0.628. The van der Waals surface area contributed by atoms with E-state index in [-0.39, 0.29) is 0 Å². The minimum atomic E-state index is 0.628. The number of nitrogens with zero attached hydrogens (tertiary/aromatic N) is 3. The van der Waals surface area contributed by atoms with Crippen molar-refractivity contribution in [2.45, 2.75) is 25.7 Å². The highest BCUT2D eigenvalue weighted by atomic mass is 127. The molecule has 0 radical (unpaired) electrons. The van der Waals surface area contributed by atoms with Crippen LogP contribution in [0.1, 0.15) is 25.7 Å². The summed E-state index contributed by atoms with van der Waals surface area (Å²) in [7, 11) is 0. The summed E-state index contributed by atoms with van der Waals surface area (Å²) in [5.41, 5.74) is 7.92. The molecule has 6 heteroatoms. The van der Waals surface area contributed by atoms with Crippen LogP contribution >= 0.6 is 22.6 Å². The number of halogens is 1. The van der Waals surface area contributed by atoms with E-state index in [1.54, 1.807) is 6.33 Å². The van der Waals surface area contributed by atoms with Crippen LogP contribution in [-0.4, -0.2) is 23.1 Å². The van der Waals surface area contributed by atoms with E-state index >= 15 is 0 Å². The van der Waals surface area contributed by atoms with Crippen LogP contribution in [0.25, 0.3) is 0 Å². The Bertz CT molecular complexity index is 621. The van der Waals surface area contributed by atoms with E-state index < -0.39 is 0 Å². The quantitative estimate of drug-likeness (QED) is 0.756. The number of hydrogen-bond acceptors (Lipinski definition) is 5. The van der Waals surface area contributed by atoms with Gasteiger partial charge in [0.2, 0.25) is 0 Å². The van der Waals surface area contributed by atoms with E-state index in [1.807, 2.05) is 12.1 Å². The highest BCUT2D eigenvalue weighted by Gasteiger charge is 2.16. The molecule has 116 valence electrons. The Hall–Kier alpha value is -1.57. The maximum Gasteiger partial charge on any atom is 0.159 e. The van der Waals surface area contributed by atoms with Crippen LogP contribution in [0.4, 0.5) is 23.0 Å². The molecule has 0 atom stereocenters. The SMILES string of the molecule is Nc1c(Nc2ccc(I)cc2)ncnc1N1CCCCCC1. The van der Waals surface area contributed by atoms with Gasteiger partial charge in [0.05, 0.1) is 0 Å². The smallest absolute Gasteiger partial charge is 0.159 e. The van der Waals surface area contributed by atoms with Crippen LogP contribution in [0.5, 0.6) is 0 Å². The highest BCUT2D eigenvalue weighted by Crippen LogP contribution is 2.30. The molecule has 1 aliphatic rings. The molecule has 2 aromatic rings. The van der Waals surface area contributed by atoms with Crippen molar-refractivity contribution >= 4 is 45.6 Å². The lowest BCUT2D eigenvalue weighted by atomic mass is 10.2. The van der Waals surface area contributed by atoms with E-state index in [1.165, 1.54) is 29.3 Å². The average Bonchev–Trinajstić information content (AvgIpc) is 2.81. The Morgan fingerprint density at radius 1 is 1.00 bits per heavy atom. The van der Waals surface area contributed by atoms with Crippen LogP contribution in [0.3, 0.4) is 0 Å². The monoisotopic (exact) mass is 409 g/mol. The first-order valence-corrected chi connectivity index (χ1v) is 8.70. The summed E-state index contributed by atoms with van der Waals surface area (Å²) in [6.45, 7) is 2.04.